The molecule has 0 bridgehead atoms. The maximum atomic E-state index is 6.82. The first-order valence-electron chi connectivity index (χ1n) is 22.3. The lowest BCUT2D eigenvalue weighted by Crippen LogP contribution is -2.00. The van der Waals surface area contributed by atoms with E-state index in [1.54, 1.807) is 0 Å². The summed E-state index contributed by atoms with van der Waals surface area (Å²) in [7, 11) is 0. The molecule has 0 N–H and O–H groups in total. The molecule has 6 heteroatoms. The maximum absolute atomic E-state index is 6.82. The van der Waals surface area contributed by atoms with Crippen molar-refractivity contribution in [1.29, 1.82) is 0 Å². The van der Waals surface area contributed by atoms with Crippen molar-refractivity contribution in [2.45, 2.75) is 0 Å². The predicted octanol–water partition coefficient (Wildman–Crippen LogP) is 15.6. The molecule has 12 rings (SSSR count). The molecular weight excluding hydrogens is 819 g/mol. The van der Waals surface area contributed by atoms with Gasteiger partial charge in [-0.15, -0.1) is 0 Å². The van der Waals surface area contributed by atoms with Crippen LogP contribution in [0.1, 0.15) is 0 Å². The molecule has 0 saturated carbocycles. The largest absolute Gasteiger partial charge is 0.455 e. The van der Waals surface area contributed by atoms with Crippen LogP contribution < -0.4 is 0 Å². The van der Waals surface area contributed by atoms with Gasteiger partial charge in [-0.3, -0.25) is 0 Å². The highest BCUT2D eigenvalue weighted by atomic mass is 16.3. The van der Waals surface area contributed by atoms with E-state index < -0.39 is 0 Å². The summed E-state index contributed by atoms with van der Waals surface area (Å²) in [6.45, 7) is 0. The van der Waals surface area contributed by atoms with Crippen LogP contribution in [0.2, 0.25) is 0 Å². The first-order valence-corrected chi connectivity index (χ1v) is 22.3. The van der Waals surface area contributed by atoms with Crippen LogP contribution >= 0.6 is 0 Å². The molecule has 0 saturated heterocycles. The number of furan rings is 1. The van der Waals surface area contributed by atoms with E-state index in [9.17, 15) is 0 Å². The van der Waals surface area contributed by atoms with Crippen molar-refractivity contribution in [2.24, 2.45) is 0 Å². The lowest BCUT2D eigenvalue weighted by Gasteiger charge is -2.12. The zero-order valence-electron chi connectivity index (χ0n) is 36.2. The van der Waals surface area contributed by atoms with Gasteiger partial charge in [0.2, 0.25) is 0 Å². The fourth-order valence-electron chi connectivity index (χ4n) is 8.80. The van der Waals surface area contributed by atoms with E-state index in [0.717, 1.165) is 94.5 Å². The SMILES string of the molecule is c1ccc(-c2ccc(-c3nc(-c4ccccc4)cc(-c4cccc(-c5cccc(-c6nc(-c7ccccc7)nc(-c7cccc8c7oc7c(-c9ccccc9)cccc78)n6)c5)c4)n3)cc2)cc1. The van der Waals surface area contributed by atoms with Gasteiger partial charge in [-0.2, -0.15) is 0 Å². The second kappa shape index (κ2) is 17.1. The Morgan fingerprint density at radius 3 is 1.25 bits per heavy atom. The number of aromatic nitrogens is 5. The van der Waals surface area contributed by atoms with Gasteiger partial charge in [0, 0.05) is 44.2 Å². The summed E-state index contributed by atoms with van der Waals surface area (Å²) in [6.07, 6.45) is 0. The zero-order chi connectivity index (χ0) is 44.5. The van der Waals surface area contributed by atoms with E-state index in [2.05, 4.69) is 152 Å². The van der Waals surface area contributed by atoms with Gasteiger partial charge in [-0.1, -0.05) is 212 Å². The topological polar surface area (TPSA) is 77.6 Å². The molecule has 12 aromatic rings. The highest BCUT2D eigenvalue weighted by Gasteiger charge is 2.20. The Balaban J connectivity index is 0.943. The van der Waals surface area contributed by atoms with Gasteiger partial charge >= 0.3 is 0 Å². The molecule has 0 spiro atoms. The molecule has 0 aliphatic carbocycles. The minimum Gasteiger partial charge on any atom is -0.455 e. The third kappa shape index (κ3) is 7.73. The summed E-state index contributed by atoms with van der Waals surface area (Å²) in [5, 5.41) is 2.04. The fourth-order valence-corrected chi connectivity index (χ4v) is 8.80. The molecule has 9 aromatic carbocycles. The molecule has 0 amide bonds. The van der Waals surface area contributed by atoms with Crippen LogP contribution in [-0.4, -0.2) is 24.9 Å². The maximum Gasteiger partial charge on any atom is 0.167 e. The van der Waals surface area contributed by atoms with Crippen LogP contribution in [0.25, 0.3) is 123 Å². The summed E-state index contributed by atoms with van der Waals surface area (Å²) in [6, 6.07) is 81.0. The van der Waals surface area contributed by atoms with E-state index in [-0.39, 0.29) is 0 Å². The van der Waals surface area contributed by atoms with Crippen molar-refractivity contribution >= 4 is 21.9 Å². The monoisotopic (exact) mass is 857 g/mol. The van der Waals surface area contributed by atoms with Crippen molar-refractivity contribution < 1.29 is 4.42 Å². The molecular formula is C61H39N5O. The van der Waals surface area contributed by atoms with Crippen LogP contribution in [0, 0.1) is 0 Å². The zero-order valence-corrected chi connectivity index (χ0v) is 36.2. The van der Waals surface area contributed by atoms with Crippen molar-refractivity contribution in [3.63, 3.8) is 0 Å². The number of nitrogens with zero attached hydrogens (tertiary/aromatic N) is 5. The van der Waals surface area contributed by atoms with E-state index in [0.29, 0.717) is 23.3 Å². The van der Waals surface area contributed by atoms with Gasteiger partial charge in [-0.05, 0) is 52.1 Å². The smallest absolute Gasteiger partial charge is 0.167 e. The second-order valence-electron chi connectivity index (χ2n) is 16.4. The molecule has 0 atom stereocenters. The van der Waals surface area contributed by atoms with Gasteiger partial charge in [0.05, 0.1) is 17.0 Å². The molecule has 0 fully saturated rings. The number of fused-ring (bicyclic) bond motifs is 3. The van der Waals surface area contributed by atoms with Crippen LogP contribution in [0.5, 0.6) is 0 Å². The summed E-state index contributed by atoms with van der Waals surface area (Å²) in [4.78, 5) is 25.7. The Labute approximate surface area is 387 Å². The summed E-state index contributed by atoms with van der Waals surface area (Å²) < 4.78 is 6.82. The van der Waals surface area contributed by atoms with Gasteiger partial charge in [-0.25, -0.2) is 24.9 Å². The quantitative estimate of drug-likeness (QED) is 0.144. The molecule has 0 unspecified atom stereocenters. The molecule has 3 heterocycles. The number of para-hydroxylation sites is 2. The van der Waals surface area contributed by atoms with Crippen molar-refractivity contribution in [1.82, 2.24) is 24.9 Å². The molecule has 0 aliphatic heterocycles. The second-order valence-corrected chi connectivity index (χ2v) is 16.4. The van der Waals surface area contributed by atoms with Crippen molar-refractivity contribution in [2.75, 3.05) is 0 Å². The molecule has 67 heavy (non-hydrogen) atoms. The van der Waals surface area contributed by atoms with Crippen LogP contribution in [0.4, 0.5) is 0 Å². The number of hydrogen-bond donors (Lipinski definition) is 0. The van der Waals surface area contributed by atoms with Gasteiger partial charge in [0.1, 0.15) is 11.2 Å². The first kappa shape index (κ1) is 39.5. The lowest BCUT2D eigenvalue weighted by molar-refractivity contribution is 0.670. The predicted molar refractivity (Wildman–Crippen MR) is 272 cm³/mol. The Morgan fingerprint density at radius 1 is 0.224 bits per heavy atom. The summed E-state index contributed by atoms with van der Waals surface area (Å²) in [5.41, 5.74) is 15.2. The average Bonchev–Trinajstić information content (AvgIpc) is 3.81. The van der Waals surface area contributed by atoms with Crippen molar-refractivity contribution in [3.8, 4) is 101 Å². The normalized spacial score (nSPS) is 11.3. The van der Waals surface area contributed by atoms with Gasteiger partial charge < -0.3 is 4.42 Å². The number of rotatable bonds is 9. The van der Waals surface area contributed by atoms with Crippen molar-refractivity contribution in [3.05, 3.63) is 237 Å². The number of hydrogen-bond acceptors (Lipinski definition) is 6. The minimum atomic E-state index is 0.533. The third-order valence-corrected chi connectivity index (χ3v) is 12.2. The third-order valence-electron chi connectivity index (χ3n) is 12.2. The lowest BCUT2D eigenvalue weighted by atomic mass is 9.99. The van der Waals surface area contributed by atoms with E-state index in [4.69, 9.17) is 29.3 Å². The Bertz CT molecular complexity index is 3720. The fraction of sp³-hybridized carbons (Fsp3) is 0. The first-order chi connectivity index (χ1) is 33.2. The molecule has 0 aliphatic rings. The van der Waals surface area contributed by atoms with Crippen LogP contribution in [0.15, 0.2) is 241 Å². The molecule has 3 aromatic heterocycles. The Morgan fingerprint density at radius 2 is 0.612 bits per heavy atom. The highest BCUT2D eigenvalue weighted by molar-refractivity contribution is 6.12. The van der Waals surface area contributed by atoms with Crippen LogP contribution in [0.3, 0.4) is 0 Å². The van der Waals surface area contributed by atoms with E-state index in [1.165, 1.54) is 5.56 Å². The molecule has 314 valence electrons. The number of benzene rings is 9. The summed E-state index contributed by atoms with van der Waals surface area (Å²) in [5.74, 6) is 2.34. The standard InChI is InChI=1S/C61H39N5O/c1-5-17-40(18-6-1)41-33-35-45(36-34-41)58-62-54(43-21-9-3-10-22-43)39-55(63-58)48-27-13-25-46(37-48)47-26-14-28-49(38-47)60-64-59(44-23-11-4-12-24-44)65-61(66-60)53-32-16-31-52-51-30-15-29-50(56(51)67-57(52)53)42-19-7-2-8-20-42/h1-39H. The average molecular weight is 858 g/mol. The van der Waals surface area contributed by atoms with E-state index >= 15 is 0 Å². The van der Waals surface area contributed by atoms with Gasteiger partial charge in [0.25, 0.3) is 0 Å². The van der Waals surface area contributed by atoms with Crippen LogP contribution in [-0.2, 0) is 0 Å². The highest BCUT2D eigenvalue weighted by Crippen LogP contribution is 2.40. The summed E-state index contributed by atoms with van der Waals surface area (Å²) >= 11 is 0. The Hall–Kier alpha value is -9.13. The molecule has 0 radical (unpaired) electrons. The molecule has 6 nitrogen and oxygen atoms in total. The Kier molecular flexibility index (Phi) is 10.1. The van der Waals surface area contributed by atoms with E-state index in [1.807, 2.05) is 84.9 Å². The van der Waals surface area contributed by atoms with Gasteiger partial charge in [0.15, 0.2) is 23.3 Å². The minimum absolute atomic E-state index is 0.533.